The van der Waals surface area contributed by atoms with Gasteiger partial charge in [0.25, 0.3) is 0 Å². The first-order valence-corrected chi connectivity index (χ1v) is 6.59. The van der Waals surface area contributed by atoms with Crippen molar-refractivity contribution in [1.82, 2.24) is 5.32 Å². The van der Waals surface area contributed by atoms with Crippen LogP contribution < -0.4 is 5.32 Å². The van der Waals surface area contributed by atoms with Gasteiger partial charge < -0.3 is 5.32 Å². The predicted molar refractivity (Wildman–Crippen MR) is 70.9 cm³/mol. The van der Waals surface area contributed by atoms with Crippen molar-refractivity contribution in [2.45, 2.75) is 19.4 Å². The van der Waals surface area contributed by atoms with E-state index in [0.717, 1.165) is 6.07 Å². The first kappa shape index (κ1) is 13.2. The fourth-order valence-electron chi connectivity index (χ4n) is 1.89. The molecule has 1 heterocycles. The summed E-state index contributed by atoms with van der Waals surface area (Å²) in [6.45, 7) is 2.04. The van der Waals surface area contributed by atoms with Crippen molar-refractivity contribution < 1.29 is 8.78 Å². The van der Waals surface area contributed by atoms with Gasteiger partial charge in [-0.2, -0.15) is 0 Å². The molecule has 18 heavy (non-hydrogen) atoms. The molecule has 0 saturated carbocycles. The molecule has 0 saturated heterocycles. The summed E-state index contributed by atoms with van der Waals surface area (Å²) < 4.78 is 26.4. The second-order valence-electron chi connectivity index (χ2n) is 4.23. The van der Waals surface area contributed by atoms with Gasteiger partial charge in [0.2, 0.25) is 0 Å². The van der Waals surface area contributed by atoms with Crippen LogP contribution in [-0.4, -0.2) is 7.05 Å². The van der Waals surface area contributed by atoms with Crippen LogP contribution in [0.2, 0.25) is 0 Å². The Morgan fingerprint density at radius 2 is 2.00 bits per heavy atom. The minimum Gasteiger partial charge on any atom is -0.312 e. The number of hydrogen-bond donors (Lipinski definition) is 1. The number of aryl methyl sites for hydroxylation is 1. The Balaban J connectivity index is 2.20. The number of likely N-dealkylation sites (N-methyl/N-ethyl adjacent to an activating group) is 1. The minimum absolute atomic E-state index is 0.0589. The van der Waals surface area contributed by atoms with E-state index in [1.165, 1.54) is 21.9 Å². The number of halogens is 2. The minimum atomic E-state index is -0.538. The maximum Gasteiger partial charge on any atom is 0.129 e. The standard InChI is InChI=1S/C14H15F2NS/c1-9-3-6-14(18-9)13(17-2)7-10-4-5-11(15)8-12(10)16/h3-6,8,13,17H,7H2,1-2H3. The third kappa shape index (κ3) is 2.94. The van der Waals surface area contributed by atoms with Crippen molar-refractivity contribution in [2.75, 3.05) is 7.05 Å². The summed E-state index contributed by atoms with van der Waals surface area (Å²) in [5.74, 6) is -1.02. The van der Waals surface area contributed by atoms with Crippen molar-refractivity contribution in [3.8, 4) is 0 Å². The molecule has 0 aliphatic carbocycles. The molecule has 1 nitrogen and oxygen atoms in total. The smallest absolute Gasteiger partial charge is 0.129 e. The topological polar surface area (TPSA) is 12.0 Å². The van der Waals surface area contributed by atoms with Crippen LogP contribution in [0.25, 0.3) is 0 Å². The van der Waals surface area contributed by atoms with Crippen molar-refractivity contribution >= 4 is 11.3 Å². The van der Waals surface area contributed by atoms with Gasteiger partial charge in [-0.25, -0.2) is 8.78 Å². The van der Waals surface area contributed by atoms with Gasteiger partial charge in [-0.05, 0) is 44.2 Å². The quantitative estimate of drug-likeness (QED) is 0.887. The molecule has 1 atom stereocenters. The maximum atomic E-state index is 13.6. The van der Waals surface area contributed by atoms with Crippen LogP contribution >= 0.6 is 11.3 Å². The lowest BCUT2D eigenvalue weighted by Crippen LogP contribution is -2.18. The molecule has 96 valence electrons. The van der Waals surface area contributed by atoms with E-state index in [0.29, 0.717) is 12.0 Å². The highest BCUT2D eigenvalue weighted by atomic mass is 32.1. The highest BCUT2D eigenvalue weighted by Gasteiger charge is 2.14. The van der Waals surface area contributed by atoms with Crippen molar-refractivity contribution in [2.24, 2.45) is 0 Å². The van der Waals surface area contributed by atoms with E-state index in [1.807, 2.05) is 26.1 Å². The Hall–Kier alpha value is -1.26. The summed E-state index contributed by atoms with van der Waals surface area (Å²) in [7, 11) is 1.85. The predicted octanol–water partition coefficient (Wildman–Crippen LogP) is 3.84. The van der Waals surface area contributed by atoms with Gasteiger partial charge in [-0.15, -0.1) is 11.3 Å². The number of nitrogens with one attached hydrogen (secondary N) is 1. The fourth-order valence-corrected chi connectivity index (χ4v) is 2.88. The molecular weight excluding hydrogens is 252 g/mol. The highest BCUT2D eigenvalue weighted by Crippen LogP contribution is 2.26. The average molecular weight is 267 g/mol. The molecule has 2 aromatic rings. The Labute approximate surface area is 109 Å². The molecule has 1 unspecified atom stereocenters. The molecule has 0 spiro atoms. The Morgan fingerprint density at radius 3 is 2.56 bits per heavy atom. The third-order valence-corrected chi connectivity index (χ3v) is 4.01. The van der Waals surface area contributed by atoms with E-state index >= 15 is 0 Å². The lowest BCUT2D eigenvalue weighted by atomic mass is 10.0. The summed E-state index contributed by atoms with van der Waals surface area (Å²) >= 11 is 1.69. The zero-order valence-corrected chi connectivity index (χ0v) is 11.2. The van der Waals surface area contributed by atoms with Crippen LogP contribution in [-0.2, 0) is 6.42 Å². The van der Waals surface area contributed by atoms with E-state index < -0.39 is 11.6 Å². The first-order valence-electron chi connectivity index (χ1n) is 5.77. The van der Waals surface area contributed by atoms with Gasteiger partial charge in [0.1, 0.15) is 11.6 Å². The van der Waals surface area contributed by atoms with Crippen LogP contribution in [0.4, 0.5) is 8.78 Å². The molecule has 1 N–H and O–H groups in total. The van der Waals surface area contributed by atoms with Crippen LogP contribution in [0.3, 0.4) is 0 Å². The van der Waals surface area contributed by atoms with Gasteiger partial charge in [-0.1, -0.05) is 6.07 Å². The van der Waals surface area contributed by atoms with Crippen molar-refractivity contribution in [1.29, 1.82) is 0 Å². The van der Waals surface area contributed by atoms with Gasteiger partial charge in [0.05, 0.1) is 0 Å². The van der Waals surface area contributed by atoms with Crippen molar-refractivity contribution in [3.05, 3.63) is 57.3 Å². The molecule has 0 fully saturated rings. The zero-order chi connectivity index (χ0) is 13.1. The largest absolute Gasteiger partial charge is 0.312 e. The molecule has 4 heteroatoms. The number of rotatable bonds is 4. The monoisotopic (exact) mass is 267 g/mol. The summed E-state index contributed by atoms with van der Waals surface area (Å²) in [4.78, 5) is 2.39. The summed E-state index contributed by atoms with van der Waals surface area (Å²) in [6, 6.07) is 7.89. The van der Waals surface area contributed by atoms with Crippen LogP contribution in [0.1, 0.15) is 21.4 Å². The fraction of sp³-hybridized carbons (Fsp3) is 0.286. The van der Waals surface area contributed by atoms with E-state index in [4.69, 9.17) is 0 Å². The lowest BCUT2D eigenvalue weighted by molar-refractivity contribution is 0.544. The van der Waals surface area contributed by atoms with Gasteiger partial charge >= 0.3 is 0 Å². The SMILES string of the molecule is CNC(Cc1ccc(F)cc1F)c1ccc(C)s1. The third-order valence-electron chi connectivity index (χ3n) is 2.89. The van der Waals surface area contributed by atoms with Crippen LogP contribution in [0, 0.1) is 18.6 Å². The van der Waals surface area contributed by atoms with Gasteiger partial charge in [0.15, 0.2) is 0 Å². The van der Waals surface area contributed by atoms with E-state index in [1.54, 1.807) is 11.3 Å². The van der Waals surface area contributed by atoms with E-state index in [-0.39, 0.29) is 6.04 Å². The van der Waals surface area contributed by atoms with Crippen LogP contribution in [0.5, 0.6) is 0 Å². The lowest BCUT2D eigenvalue weighted by Gasteiger charge is -2.15. The van der Waals surface area contributed by atoms with E-state index in [2.05, 4.69) is 5.32 Å². The molecule has 0 bridgehead atoms. The van der Waals surface area contributed by atoms with Gasteiger partial charge in [0, 0.05) is 21.9 Å². The van der Waals surface area contributed by atoms with Crippen molar-refractivity contribution in [3.63, 3.8) is 0 Å². The molecular formula is C14H15F2NS. The molecule has 0 aliphatic heterocycles. The molecule has 1 aromatic heterocycles. The highest BCUT2D eigenvalue weighted by molar-refractivity contribution is 7.12. The second kappa shape index (κ2) is 5.59. The van der Waals surface area contributed by atoms with Crippen LogP contribution in [0.15, 0.2) is 30.3 Å². The second-order valence-corrected chi connectivity index (χ2v) is 5.55. The molecule has 0 amide bonds. The molecule has 0 aliphatic rings. The Kier molecular flexibility index (Phi) is 4.09. The maximum absolute atomic E-state index is 13.6. The Bertz CT molecular complexity index is 536. The number of benzene rings is 1. The first-order chi connectivity index (χ1) is 8.60. The van der Waals surface area contributed by atoms with Gasteiger partial charge in [-0.3, -0.25) is 0 Å². The molecule has 2 rings (SSSR count). The molecule has 1 aromatic carbocycles. The number of hydrogen-bond acceptors (Lipinski definition) is 2. The summed E-state index contributed by atoms with van der Waals surface area (Å²) in [5.41, 5.74) is 0.529. The normalized spacial score (nSPS) is 12.7. The van der Waals surface area contributed by atoms with E-state index in [9.17, 15) is 8.78 Å². The summed E-state index contributed by atoms with van der Waals surface area (Å²) in [6.07, 6.45) is 0.516. The zero-order valence-electron chi connectivity index (χ0n) is 10.3. The summed E-state index contributed by atoms with van der Waals surface area (Å²) in [5, 5.41) is 3.17. The number of thiophene rings is 1. The molecule has 0 radical (unpaired) electrons. The average Bonchev–Trinajstić information content (AvgIpc) is 2.75. The Morgan fingerprint density at radius 1 is 1.22 bits per heavy atom.